The number of phenols is 1. The number of ether oxygens (including phenoxy) is 1. The number of fused-ring (bicyclic) bond motifs is 1. The number of phenolic OH excluding ortho intramolecular Hbond substituents is 1. The second-order valence-corrected chi connectivity index (χ2v) is 10.6. The SMILES string of the molecule is O=C(Oc1ccc([N+](=O)[O-])cc1)c1ccc2c(NS(=O)(=O)c3cccc(S(=O)(=O)F)c3)cccc2c1O. The third-order valence-electron chi connectivity index (χ3n) is 5.15. The number of anilines is 1. The van der Waals surface area contributed by atoms with E-state index in [2.05, 4.69) is 4.72 Å². The number of sulfonamides is 1. The first-order valence-electron chi connectivity index (χ1n) is 10.2. The summed E-state index contributed by atoms with van der Waals surface area (Å²) in [5.74, 6) is -1.49. The van der Waals surface area contributed by atoms with Gasteiger partial charge in [0.15, 0.2) is 0 Å². The van der Waals surface area contributed by atoms with Gasteiger partial charge in [0, 0.05) is 22.9 Å². The summed E-state index contributed by atoms with van der Waals surface area (Å²) < 4.78 is 68.7. The quantitative estimate of drug-likeness (QED) is 0.114. The molecule has 0 bridgehead atoms. The van der Waals surface area contributed by atoms with E-state index in [0.29, 0.717) is 6.07 Å². The Balaban J connectivity index is 1.65. The highest BCUT2D eigenvalue weighted by Gasteiger charge is 2.22. The number of nitrogens with zero attached hydrogens (tertiary/aromatic N) is 1. The van der Waals surface area contributed by atoms with E-state index in [-0.39, 0.29) is 33.5 Å². The Morgan fingerprint density at radius 1 is 0.892 bits per heavy atom. The van der Waals surface area contributed by atoms with Crippen LogP contribution in [0.4, 0.5) is 15.3 Å². The molecule has 37 heavy (non-hydrogen) atoms. The number of esters is 1. The Kier molecular flexibility index (Phi) is 6.54. The van der Waals surface area contributed by atoms with Crippen LogP contribution in [0.1, 0.15) is 10.4 Å². The van der Waals surface area contributed by atoms with E-state index < -0.39 is 46.7 Å². The van der Waals surface area contributed by atoms with Crippen LogP contribution < -0.4 is 9.46 Å². The van der Waals surface area contributed by atoms with Crippen LogP contribution in [0.3, 0.4) is 0 Å². The van der Waals surface area contributed by atoms with Crippen LogP contribution in [0.25, 0.3) is 10.8 Å². The van der Waals surface area contributed by atoms with Gasteiger partial charge in [-0.2, -0.15) is 8.42 Å². The molecule has 0 spiro atoms. The summed E-state index contributed by atoms with van der Waals surface area (Å²) in [6.07, 6.45) is 0. The monoisotopic (exact) mass is 546 g/mol. The van der Waals surface area contributed by atoms with Crippen molar-refractivity contribution in [1.29, 1.82) is 0 Å². The van der Waals surface area contributed by atoms with E-state index in [1.54, 1.807) is 0 Å². The number of benzene rings is 4. The lowest BCUT2D eigenvalue weighted by Gasteiger charge is -2.13. The predicted octanol–water partition coefficient (Wildman–Crippen LogP) is 4.13. The zero-order chi connectivity index (χ0) is 27.0. The first kappa shape index (κ1) is 25.5. The van der Waals surface area contributed by atoms with Crippen molar-refractivity contribution in [3.05, 3.63) is 94.5 Å². The van der Waals surface area contributed by atoms with Gasteiger partial charge in [-0.3, -0.25) is 14.8 Å². The van der Waals surface area contributed by atoms with E-state index in [0.717, 1.165) is 30.3 Å². The average Bonchev–Trinajstić information content (AvgIpc) is 2.84. The van der Waals surface area contributed by atoms with Crippen LogP contribution in [0.2, 0.25) is 0 Å². The van der Waals surface area contributed by atoms with E-state index in [1.165, 1.54) is 42.5 Å². The molecule has 4 aromatic rings. The van der Waals surface area contributed by atoms with Gasteiger partial charge in [-0.15, -0.1) is 3.89 Å². The molecule has 11 nitrogen and oxygen atoms in total. The summed E-state index contributed by atoms with van der Waals surface area (Å²) in [7, 11) is -9.52. The van der Waals surface area contributed by atoms with Crippen molar-refractivity contribution in [2.75, 3.05) is 4.72 Å². The molecule has 0 fully saturated rings. The van der Waals surface area contributed by atoms with Crippen molar-refractivity contribution in [1.82, 2.24) is 0 Å². The number of carbonyl (C=O) groups excluding carboxylic acids is 1. The largest absolute Gasteiger partial charge is 0.506 e. The number of carbonyl (C=O) groups is 1. The molecule has 0 amide bonds. The molecule has 0 saturated carbocycles. The summed E-state index contributed by atoms with van der Waals surface area (Å²) >= 11 is 0. The first-order chi connectivity index (χ1) is 17.4. The minimum atomic E-state index is -5.14. The molecule has 0 saturated heterocycles. The van der Waals surface area contributed by atoms with E-state index in [9.17, 15) is 40.7 Å². The second-order valence-electron chi connectivity index (χ2n) is 7.52. The molecule has 0 unspecified atom stereocenters. The van der Waals surface area contributed by atoms with Gasteiger partial charge in [0.2, 0.25) is 0 Å². The minimum Gasteiger partial charge on any atom is -0.506 e. The van der Waals surface area contributed by atoms with Crippen molar-refractivity contribution < 1.29 is 40.3 Å². The highest BCUT2D eigenvalue weighted by atomic mass is 32.3. The summed E-state index contributed by atoms with van der Waals surface area (Å²) in [4.78, 5) is 21.4. The first-order valence-corrected chi connectivity index (χ1v) is 13.0. The van der Waals surface area contributed by atoms with Gasteiger partial charge < -0.3 is 9.84 Å². The molecule has 0 aromatic heterocycles. The van der Waals surface area contributed by atoms with Crippen molar-refractivity contribution in [3.63, 3.8) is 0 Å². The predicted molar refractivity (Wildman–Crippen MR) is 129 cm³/mol. The fraction of sp³-hybridized carbons (Fsp3) is 0. The highest BCUT2D eigenvalue weighted by Crippen LogP contribution is 2.35. The molecule has 0 aliphatic heterocycles. The number of hydrogen-bond acceptors (Lipinski definition) is 9. The van der Waals surface area contributed by atoms with Crippen molar-refractivity contribution in [3.8, 4) is 11.5 Å². The van der Waals surface area contributed by atoms with Gasteiger partial charge in [-0.1, -0.05) is 24.3 Å². The number of nitro benzene ring substituents is 1. The number of nitrogens with one attached hydrogen (secondary N) is 1. The van der Waals surface area contributed by atoms with Crippen LogP contribution in [-0.4, -0.2) is 32.8 Å². The maximum absolute atomic E-state index is 13.3. The number of aromatic hydroxyl groups is 1. The number of halogens is 1. The van der Waals surface area contributed by atoms with Gasteiger partial charge in [0.25, 0.3) is 15.7 Å². The molecule has 4 rings (SSSR count). The van der Waals surface area contributed by atoms with E-state index >= 15 is 0 Å². The van der Waals surface area contributed by atoms with E-state index in [4.69, 9.17) is 4.74 Å². The lowest BCUT2D eigenvalue weighted by Crippen LogP contribution is -2.14. The van der Waals surface area contributed by atoms with Crippen LogP contribution in [-0.2, 0) is 20.2 Å². The van der Waals surface area contributed by atoms with Crippen molar-refractivity contribution >= 4 is 48.4 Å². The molecular weight excluding hydrogens is 531 g/mol. The van der Waals surface area contributed by atoms with Gasteiger partial charge in [0.05, 0.1) is 20.4 Å². The molecule has 190 valence electrons. The zero-order valence-corrected chi connectivity index (χ0v) is 20.0. The molecule has 0 radical (unpaired) electrons. The molecule has 4 aromatic carbocycles. The molecule has 2 N–H and O–H groups in total. The Morgan fingerprint density at radius 2 is 1.54 bits per heavy atom. The standard InChI is InChI=1S/C23H15FN2O9S2/c24-36(31,32)16-3-1-4-17(13-16)37(33,34)25-21-6-2-5-19-18(21)11-12-20(22(19)27)23(28)35-15-9-7-14(8-10-15)26(29)30/h1-13,25,27H. The molecule has 0 heterocycles. The molecule has 0 aliphatic carbocycles. The zero-order valence-electron chi connectivity index (χ0n) is 18.4. The fourth-order valence-electron chi connectivity index (χ4n) is 3.39. The normalized spacial score (nSPS) is 11.7. The second kappa shape index (κ2) is 9.48. The molecular formula is C23H15FN2O9S2. The third kappa shape index (κ3) is 5.34. The number of non-ortho nitro benzene ring substituents is 1. The topological polar surface area (TPSA) is 170 Å². The van der Waals surface area contributed by atoms with Crippen LogP contribution >= 0.6 is 0 Å². The van der Waals surface area contributed by atoms with Gasteiger partial charge in [-0.05, 0) is 42.5 Å². The maximum Gasteiger partial charge on any atom is 0.347 e. The summed E-state index contributed by atoms with van der Waals surface area (Å²) in [5.41, 5.74) is -0.482. The Bertz CT molecular complexity index is 1770. The lowest BCUT2D eigenvalue weighted by atomic mass is 10.0. The van der Waals surface area contributed by atoms with Gasteiger partial charge >= 0.3 is 16.2 Å². The Morgan fingerprint density at radius 3 is 2.19 bits per heavy atom. The molecule has 0 atom stereocenters. The minimum absolute atomic E-state index is 0.00543. The maximum atomic E-state index is 13.3. The summed E-state index contributed by atoms with van der Waals surface area (Å²) in [6, 6.07) is 15.1. The van der Waals surface area contributed by atoms with E-state index in [1.807, 2.05) is 0 Å². The van der Waals surface area contributed by atoms with Crippen molar-refractivity contribution in [2.24, 2.45) is 0 Å². The van der Waals surface area contributed by atoms with Crippen LogP contribution in [0, 0.1) is 10.1 Å². The van der Waals surface area contributed by atoms with Crippen LogP contribution in [0.15, 0.2) is 88.7 Å². The lowest BCUT2D eigenvalue weighted by molar-refractivity contribution is -0.384. The summed E-state index contributed by atoms with van der Waals surface area (Å²) in [5, 5.41) is 21.7. The van der Waals surface area contributed by atoms with Gasteiger partial charge in [-0.25, -0.2) is 13.2 Å². The van der Waals surface area contributed by atoms with Gasteiger partial charge in [0.1, 0.15) is 17.1 Å². The summed E-state index contributed by atoms with van der Waals surface area (Å²) in [6.45, 7) is 0. The number of rotatable bonds is 7. The number of nitro groups is 1. The molecule has 14 heteroatoms. The molecule has 0 aliphatic rings. The average molecular weight is 547 g/mol. The van der Waals surface area contributed by atoms with Crippen molar-refractivity contribution in [2.45, 2.75) is 9.79 Å². The third-order valence-corrected chi connectivity index (χ3v) is 7.33. The number of hydrogen-bond donors (Lipinski definition) is 2. The Hall–Kier alpha value is -4.56. The fourth-order valence-corrected chi connectivity index (χ4v) is 5.10. The smallest absolute Gasteiger partial charge is 0.347 e. The van der Waals surface area contributed by atoms with Crippen LogP contribution in [0.5, 0.6) is 11.5 Å². The highest BCUT2D eigenvalue weighted by molar-refractivity contribution is 7.92. The Labute approximate surface area is 209 Å².